The maximum Gasteiger partial charge on any atom is 0.274 e. The summed E-state index contributed by atoms with van der Waals surface area (Å²) >= 11 is 7.02. The lowest BCUT2D eigenvalue weighted by molar-refractivity contribution is -0.120. The van der Waals surface area contributed by atoms with E-state index < -0.39 is 0 Å². The quantitative estimate of drug-likeness (QED) is 0.128. The van der Waals surface area contributed by atoms with Crippen molar-refractivity contribution in [1.29, 1.82) is 0 Å². The van der Waals surface area contributed by atoms with Crippen LogP contribution in [0.5, 0.6) is 11.6 Å². The van der Waals surface area contributed by atoms with E-state index in [1.165, 1.54) is 6.20 Å². The van der Waals surface area contributed by atoms with Crippen molar-refractivity contribution in [3.63, 3.8) is 0 Å². The third kappa shape index (κ3) is 8.44. The number of halogens is 1. The molecule has 3 amide bonds. The van der Waals surface area contributed by atoms with E-state index in [9.17, 15) is 14.4 Å². The van der Waals surface area contributed by atoms with Gasteiger partial charge >= 0.3 is 0 Å². The minimum atomic E-state index is -0.381. The number of aromatic nitrogens is 3. The lowest BCUT2D eigenvalue weighted by Gasteiger charge is -2.16. The van der Waals surface area contributed by atoms with E-state index in [0.717, 1.165) is 35.1 Å². The smallest absolute Gasteiger partial charge is 0.274 e. The number of rotatable bonds is 14. The number of amides is 3. The molecule has 2 unspecified atom stereocenters. The molecule has 2 atom stereocenters. The van der Waals surface area contributed by atoms with Gasteiger partial charge in [-0.05, 0) is 49.6 Å². The summed E-state index contributed by atoms with van der Waals surface area (Å²) in [5, 5.41) is 16.0. The molecule has 3 aromatic heterocycles. The fraction of sp³-hybridized carbons (Fsp3) is 0.351. The molecule has 5 heterocycles. The van der Waals surface area contributed by atoms with Gasteiger partial charge in [0.25, 0.3) is 5.91 Å². The molecule has 2 fully saturated rings. The number of hydrogen-bond donors (Lipinski definition) is 5. The predicted octanol–water partition coefficient (Wildman–Crippen LogP) is 4.17. The molecule has 0 aliphatic carbocycles. The third-order valence-corrected chi connectivity index (χ3v) is 9.50. The van der Waals surface area contributed by atoms with Gasteiger partial charge in [0.2, 0.25) is 17.7 Å². The molecule has 6 rings (SSSR count). The van der Waals surface area contributed by atoms with Gasteiger partial charge in [-0.25, -0.2) is 9.97 Å². The summed E-state index contributed by atoms with van der Waals surface area (Å²) in [5.41, 5.74) is 5.84. The molecule has 14 heteroatoms. The number of hydrogen-bond acceptors (Lipinski definition) is 10. The zero-order valence-corrected chi connectivity index (χ0v) is 29.5. The normalized spacial score (nSPS) is 16.9. The summed E-state index contributed by atoms with van der Waals surface area (Å²) in [6, 6.07) is 13.1. The largest absolute Gasteiger partial charge is 0.495 e. The van der Waals surface area contributed by atoms with Crippen LogP contribution in [-0.4, -0.2) is 72.1 Å². The topological polar surface area (TPSA) is 168 Å². The minimum absolute atomic E-state index is 0.0634. The van der Waals surface area contributed by atoms with E-state index in [1.54, 1.807) is 32.5 Å². The highest BCUT2D eigenvalue weighted by molar-refractivity contribution is 6.35. The maximum absolute atomic E-state index is 13.5. The third-order valence-electron chi connectivity index (χ3n) is 9.12. The summed E-state index contributed by atoms with van der Waals surface area (Å²) < 4.78 is 11.1. The highest BCUT2D eigenvalue weighted by Crippen LogP contribution is 2.38. The molecule has 4 aromatic rings. The Balaban J connectivity index is 1.16. The van der Waals surface area contributed by atoms with Gasteiger partial charge in [0, 0.05) is 85.2 Å². The van der Waals surface area contributed by atoms with Crippen molar-refractivity contribution in [2.45, 2.75) is 57.8 Å². The van der Waals surface area contributed by atoms with Crippen molar-refractivity contribution >= 4 is 35.0 Å². The SMILES string of the molecule is COc1cnc(C(=O)Nc2cccc(-c3nccc(-c4ccc(CNCC5CCC(=O)N5)c(OC)n4)c3Cl)c2C)cc1CNCC1CCC(=O)N1. The van der Waals surface area contributed by atoms with Crippen LogP contribution in [0.1, 0.15) is 52.9 Å². The van der Waals surface area contributed by atoms with Crippen molar-refractivity contribution in [3.05, 3.63) is 82.3 Å². The lowest BCUT2D eigenvalue weighted by Crippen LogP contribution is -2.35. The summed E-state index contributed by atoms with van der Waals surface area (Å²) in [7, 11) is 3.13. The van der Waals surface area contributed by atoms with Gasteiger partial charge in [0.15, 0.2) is 0 Å². The summed E-state index contributed by atoms with van der Waals surface area (Å²) in [5.74, 6) is 0.799. The van der Waals surface area contributed by atoms with E-state index in [1.807, 2.05) is 37.3 Å². The summed E-state index contributed by atoms with van der Waals surface area (Å²) in [4.78, 5) is 50.2. The summed E-state index contributed by atoms with van der Waals surface area (Å²) in [6.07, 6.45) is 5.92. The second-order valence-corrected chi connectivity index (χ2v) is 12.9. The van der Waals surface area contributed by atoms with Crippen LogP contribution in [0.4, 0.5) is 5.69 Å². The molecule has 13 nitrogen and oxygen atoms in total. The predicted molar refractivity (Wildman–Crippen MR) is 194 cm³/mol. The highest BCUT2D eigenvalue weighted by Gasteiger charge is 2.22. The molecule has 266 valence electrons. The average Bonchev–Trinajstić information content (AvgIpc) is 3.76. The van der Waals surface area contributed by atoms with Crippen molar-refractivity contribution < 1.29 is 23.9 Å². The molecule has 2 aliphatic rings. The Morgan fingerprint density at radius 2 is 1.61 bits per heavy atom. The minimum Gasteiger partial charge on any atom is -0.495 e. The number of carbonyl (C=O) groups excluding carboxylic acids is 3. The first-order valence-electron chi connectivity index (χ1n) is 16.9. The van der Waals surface area contributed by atoms with Gasteiger partial charge in [-0.15, -0.1) is 0 Å². The van der Waals surface area contributed by atoms with Gasteiger partial charge in [0.05, 0.1) is 36.8 Å². The first kappa shape index (κ1) is 35.7. The number of nitrogens with zero attached hydrogens (tertiary/aromatic N) is 3. The fourth-order valence-electron chi connectivity index (χ4n) is 6.33. The number of carbonyl (C=O) groups is 3. The van der Waals surface area contributed by atoms with Crippen LogP contribution in [0.3, 0.4) is 0 Å². The second kappa shape index (κ2) is 16.3. The number of pyridine rings is 3. The van der Waals surface area contributed by atoms with E-state index >= 15 is 0 Å². The Hall–Kier alpha value is -5.11. The number of nitrogens with one attached hydrogen (secondary N) is 5. The van der Waals surface area contributed by atoms with Gasteiger partial charge in [-0.2, -0.15) is 0 Å². The fourth-order valence-corrected chi connectivity index (χ4v) is 6.64. The van der Waals surface area contributed by atoms with Crippen LogP contribution in [0.15, 0.2) is 54.9 Å². The number of ether oxygens (including phenoxy) is 2. The zero-order valence-electron chi connectivity index (χ0n) is 28.8. The first-order chi connectivity index (χ1) is 24.7. The molecule has 2 saturated heterocycles. The Morgan fingerprint density at radius 1 is 0.902 bits per heavy atom. The van der Waals surface area contributed by atoms with Crippen LogP contribution in [0.2, 0.25) is 5.02 Å². The number of anilines is 1. The highest BCUT2D eigenvalue weighted by atomic mass is 35.5. The van der Waals surface area contributed by atoms with Crippen LogP contribution < -0.4 is 36.1 Å². The maximum atomic E-state index is 13.5. The van der Waals surface area contributed by atoms with Crippen molar-refractivity contribution in [3.8, 4) is 34.1 Å². The second-order valence-electron chi connectivity index (χ2n) is 12.6. The molecule has 0 saturated carbocycles. The standard InChI is InChI=1S/C37H41ClN8O5/c1-21-26(5-4-6-28(21)45-36(49)30-15-23(31(50-2)20-42-30)17-40-19-25-9-12-33(48)44-25)35-34(38)27(13-14-41-35)29-10-7-22(37(46-29)51-3)16-39-18-24-8-11-32(47)43-24/h4-7,10,13-15,20,24-25,39-40H,8-9,11-12,16-19H2,1-3H3,(H,43,47)(H,44,48)(H,45,49). The van der Waals surface area contributed by atoms with E-state index in [4.69, 9.17) is 26.1 Å². The molecule has 0 spiro atoms. The van der Waals surface area contributed by atoms with Crippen molar-refractivity contribution in [2.24, 2.45) is 0 Å². The van der Waals surface area contributed by atoms with Crippen LogP contribution in [0, 0.1) is 6.92 Å². The molecule has 0 bridgehead atoms. The lowest BCUT2D eigenvalue weighted by atomic mass is 10.0. The number of benzene rings is 1. The molecule has 0 radical (unpaired) electrons. The Morgan fingerprint density at radius 3 is 2.25 bits per heavy atom. The molecular weight excluding hydrogens is 672 g/mol. The van der Waals surface area contributed by atoms with Crippen molar-refractivity contribution in [1.82, 2.24) is 36.2 Å². The first-order valence-corrected chi connectivity index (χ1v) is 17.2. The Kier molecular flexibility index (Phi) is 11.4. The van der Waals surface area contributed by atoms with E-state index in [2.05, 4.69) is 36.6 Å². The molecule has 2 aliphatic heterocycles. The van der Waals surface area contributed by atoms with E-state index in [0.29, 0.717) is 78.3 Å². The van der Waals surface area contributed by atoms with Gasteiger partial charge in [0.1, 0.15) is 11.4 Å². The van der Waals surface area contributed by atoms with E-state index in [-0.39, 0.29) is 35.5 Å². The Bertz CT molecular complexity index is 1940. The zero-order chi connectivity index (χ0) is 35.9. The van der Waals surface area contributed by atoms with Gasteiger partial charge in [-0.3, -0.25) is 19.4 Å². The molecular formula is C37H41ClN8O5. The van der Waals surface area contributed by atoms with Crippen LogP contribution >= 0.6 is 11.6 Å². The molecule has 1 aromatic carbocycles. The van der Waals surface area contributed by atoms with Crippen LogP contribution in [0.25, 0.3) is 22.5 Å². The van der Waals surface area contributed by atoms with Gasteiger partial charge < -0.3 is 36.1 Å². The Labute approximate surface area is 301 Å². The molecule has 51 heavy (non-hydrogen) atoms. The van der Waals surface area contributed by atoms with Crippen molar-refractivity contribution in [2.75, 3.05) is 32.6 Å². The van der Waals surface area contributed by atoms with Gasteiger partial charge in [-0.1, -0.05) is 29.8 Å². The number of methoxy groups -OCH3 is 2. The molecule has 5 N–H and O–H groups in total. The monoisotopic (exact) mass is 712 g/mol. The average molecular weight is 713 g/mol. The van der Waals surface area contributed by atoms with Crippen LogP contribution in [-0.2, 0) is 22.7 Å². The summed E-state index contributed by atoms with van der Waals surface area (Å²) in [6.45, 7) is 4.14.